The van der Waals surface area contributed by atoms with Gasteiger partial charge in [0, 0.05) is 12.1 Å². The lowest BCUT2D eigenvalue weighted by atomic mass is 10.2. The number of thiophene rings is 1. The van der Waals surface area contributed by atoms with Crippen LogP contribution in [0.4, 0.5) is 5.69 Å². The zero-order valence-corrected chi connectivity index (χ0v) is 15.0. The van der Waals surface area contributed by atoms with Gasteiger partial charge < -0.3 is 9.15 Å². The van der Waals surface area contributed by atoms with Crippen LogP contribution in [0.3, 0.4) is 0 Å². The third-order valence-electron chi connectivity index (χ3n) is 3.13. The zero-order chi connectivity index (χ0) is 18.5. The standard InChI is InChI=1S/C16H11N3O5S2/c1-23-14(20)7-5-10-4-6-12(11(9-10)19(21)22)26-16-18-17-15(24-16)13-3-2-8-25-13/h2-9H,1H3/b7-5+. The predicted octanol–water partition coefficient (Wildman–Crippen LogP) is 4.04. The Balaban J connectivity index is 1.84. The molecule has 0 N–H and O–H groups in total. The molecule has 132 valence electrons. The van der Waals surface area contributed by atoms with Crippen LogP contribution in [-0.2, 0) is 9.53 Å². The molecule has 3 rings (SSSR count). The Kier molecular flexibility index (Phi) is 5.44. The molecule has 0 bridgehead atoms. The van der Waals surface area contributed by atoms with Gasteiger partial charge in [0.15, 0.2) is 0 Å². The van der Waals surface area contributed by atoms with E-state index in [9.17, 15) is 14.9 Å². The lowest BCUT2D eigenvalue weighted by molar-refractivity contribution is -0.387. The number of methoxy groups -OCH3 is 1. The number of nitro groups is 1. The van der Waals surface area contributed by atoms with Crippen molar-refractivity contribution in [2.24, 2.45) is 0 Å². The number of ether oxygens (including phenoxy) is 1. The quantitative estimate of drug-likeness (QED) is 0.269. The van der Waals surface area contributed by atoms with E-state index >= 15 is 0 Å². The number of esters is 1. The van der Waals surface area contributed by atoms with Gasteiger partial charge in [0.2, 0.25) is 0 Å². The molecule has 2 heterocycles. The highest BCUT2D eigenvalue weighted by molar-refractivity contribution is 7.99. The molecule has 0 fully saturated rings. The molecule has 0 aliphatic heterocycles. The number of rotatable bonds is 6. The fraction of sp³-hybridized carbons (Fsp3) is 0.0625. The third-order valence-corrected chi connectivity index (χ3v) is 4.89. The molecular weight excluding hydrogens is 378 g/mol. The van der Waals surface area contributed by atoms with Crippen molar-refractivity contribution in [1.82, 2.24) is 10.2 Å². The molecule has 0 atom stereocenters. The largest absolute Gasteiger partial charge is 0.466 e. The van der Waals surface area contributed by atoms with Gasteiger partial charge in [-0.05, 0) is 40.9 Å². The number of nitro benzene ring substituents is 1. The van der Waals surface area contributed by atoms with E-state index in [0.29, 0.717) is 16.3 Å². The summed E-state index contributed by atoms with van der Waals surface area (Å²) in [5.74, 6) is -0.180. The molecule has 0 spiro atoms. The van der Waals surface area contributed by atoms with Crippen LogP contribution in [-0.4, -0.2) is 28.2 Å². The van der Waals surface area contributed by atoms with Gasteiger partial charge >= 0.3 is 5.97 Å². The van der Waals surface area contributed by atoms with Gasteiger partial charge in [0.1, 0.15) is 0 Å². The van der Waals surface area contributed by atoms with Crippen LogP contribution >= 0.6 is 23.1 Å². The lowest BCUT2D eigenvalue weighted by Gasteiger charge is -2.01. The van der Waals surface area contributed by atoms with Crippen molar-refractivity contribution in [2.45, 2.75) is 10.1 Å². The van der Waals surface area contributed by atoms with E-state index in [1.54, 1.807) is 12.1 Å². The smallest absolute Gasteiger partial charge is 0.330 e. The Morgan fingerprint density at radius 3 is 2.92 bits per heavy atom. The highest BCUT2D eigenvalue weighted by Gasteiger charge is 2.19. The first-order valence-corrected chi connectivity index (χ1v) is 8.86. The summed E-state index contributed by atoms with van der Waals surface area (Å²) in [6, 6.07) is 8.28. The van der Waals surface area contributed by atoms with Crippen LogP contribution in [0.15, 0.2) is 56.3 Å². The van der Waals surface area contributed by atoms with E-state index in [1.807, 2.05) is 17.5 Å². The van der Waals surface area contributed by atoms with Gasteiger partial charge in [-0.25, -0.2) is 4.79 Å². The fourth-order valence-corrected chi connectivity index (χ4v) is 3.35. The maximum atomic E-state index is 11.4. The molecule has 0 amide bonds. The summed E-state index contributed by atoms with van der Waals surface area (Å²) in [6.07, 6.45) is 2.63. The van der Waals surface area contributed by atoms with Gasteiger partial charge in [-0.1, -0.05) is 12.1 Å². The third kappa shape index (κ3) is 4.16. The maximum Gasteiger partial charge on any atom is 0.330 e. The van der Waals surface area contributed by atoms with E-state index in [0.717, 1.165) is 16.6 Å². The lowest BCUT2D eigenvalue weighted by Crippen LogP contribution is -1.94. The summed E-state index contributed by atoms with van der Waals surface area (Å²) >= 11 is 2.46. The summed E-state index contributed by atoms with van der Waals surface area (Å²) in [7, 11) is 1.25. The second-order valence-electron chi connectivity index (χ2n) is 4.79. The minimum atomic E-state index is -0.543. The van der Waals surface area contributed by atoms with Crippen LogP contribution in [0, 0.1) is 10.1 Å². The van der Waals surface area contributed by atoms with E-state index in [-0.39, 0.29) is 10.9 Å². The van der Waals surface area contributed by atoms with E-state index in [2.05, 4.69) is 14.9 Å². The first kappa shape index (κ1) is 17.8. The number of hydrogen-bond donors (Lipinski definition) is 0. The molecule has 2 aromatic heterocycles. The first-order valence-electron chi connectivity index (χ1n) is 7.16. The number of aromatic nitrogens is 2. The molecule has 0 radical (unpaired) electrons. The zero-order valence-electron chi connectivity index (χ0n) is 13.3. The average molecular weight is 389 g/mol. The van der Waals surface area contributed by atoms with Crippen molar-refractivity contribution >= 4 is 40.8 Å². The Labute approximate surface area is 155 Å². The Morgan fingerprint density at radius 1 is 1.38 bits per heavy atom. The van der Waals surface area contributed by atoms with Crippen molar-refractivity contribution in [1.29, 1.82) is 0 Å². The van der Waals surface area contributed by atoms with E-state index in [4.69, 9.17) is 4.42 Å². The van der Waals surface area contributed by atoms with Crippen molar-refractivity contribution in [3.05, 3.63) is 57.5 Å². The number of hydrogen-bond acceptors (Lipinski definition) is 9. The van der Waals surface area contributed by atoms with Gasteiger partial charge in [0.05, 0.1) is 21.8 Å². The number of nitrogens with zero attached hydrogens (tertiary/aromatic N) is 3. The van der Waals surface area contributed by atoms with E-state index in [1.165, 1.54) is 36.7 Å². The molecule has 26 heavy (non-hydrogen) atoms. The molecule has 1 aromatic carbocycles. The molecule has 0 aliphatic rings. The predicted molar refractivity (Wildman–Crippen MR) is 95.9 cm³/mol. The van der Waals surface area contributed by atoms with Gasteiger partial charge in [-0.15, -0.1) is 21.5 Å². The fourth-order valence-electron chi connectivity index (χ4n) is 1.94. The van der Waals surface area contributed by atoms with Crippen LogP contribution in [0.1, 0.15) is 5.56 Å². The molecule has 0 saturated heterocycles. The summed E-state index contributed by atoms with van der Waals surface area (Å²) in [4.78, 5) is 23.2. The Bertz CT molecular complexity index is 966. The summed E-state index contributed by atoms with van der Waals surface area (Å²) in [6.45, 7) is 0. The second kappa shape index (κ2) is 7.93. The van der Waals surface area contributed by atoms with Crippen LogP contribution in [0.2, 0.25) is 0 Å². The van der Waals surface area contributed by atoms with Crippen molar-refractivity contribution in [3.63, 3.8) is 0 Å². The minimum Gasteiger partial charge on any atom is -0.466 e. The summed E-state index contributed by atoms with van der Waals surface area (Å²) in [5, 5.41) is 21.3. The highest BCUT2D eigenvalue weighted by Crippen LogP contribution is 2.36. The monoisotopic (exact) mass is 389 g/mol. The molecule has 0 saturated carbocycles. The Morgan fingerprint density at radius 2 is 2.23 bits per heavy atom. The van der Waals surface area contributed by atoms with Crippen LogP contribution in [0.5, 0.6) is 0 Å². The van der Waals surface area contributed by atoms with Crippen molar-refractivity contribution < 1.29 is 18.9 Å². The molecule has 0 unspecified atom stereocenters. The SMILES string of the molecule is COC(=O)/C=C/c1ccc(Sc2nnc(-c3cccs3)o2)c([N+](=O)[O-])c1. The molecule has 0 aliphatic carbocycles. The number of carbonyl (C=O) groups excluding carboxylic acids is 1. The van der Waals surface area contributed by atoms with Gasteiger partial charge in [-0.3, -0.25) is 10.1 Å². The van der Waals surface area contributed by atoms with Crippen LogP contribution < -0.4 is 0 Å². The molecular formula is C16H11N3O5S2. The summed E-state index contributed by atoms with van der Waals surface area (Å²) < 4.78 is 10.0. The number of benzene rings is 1. The average Bonchev–Trinajstić information content (AvgIpc) is 3.31. The van der Waals surface area contributed by atoms with Crippen molar-refractivity contribution in [2.75, 3.05) is 7.11 Å². The first-order chi connectivity index (χ1) is 12.6. The van der Waals surface area contributed by atoms with E-state index < -0.39 is 10.9 Å². The second-order valence-corrected chi connectivity index (χ2v) is 6.73. The molecule has 3 aromatic rings. The molecule has 10 heteroatoms. The van der Waals surface area contributed by atoms with Crippen molar-refractivity contribution in [3.8, 4) is 10.8 Å². The Hall–Kier alpha value is -2.98. The van der Waals surface area contributed by atoms with Gasteiger partial charge in [0.25, 0.3) is 16.8 Å². The highest BCUT2D eigenvalue weighted by atomic mass is 32.2. The minimum absolute atomic E-state index is 0.127. The van der Waals surface area contributed by atoms with Gasteiger partial charge in [-0.2, -0.15) is 0 Å². The number of carbonyl (C=O) groups is 1. The normalized spacial score (nSPS) is 11.0. The maximum absolute atomic E-state index is 11.4. The summed E-state index contributed by atoms with van der Waals surface area (Å²) in [5.41, 5.74) is 0.370. The molecule has 8 nitrogen and oxygen atoms in total. The topological polar surface area (TPSA) is 108 Å². The van der Waals surface area contributed by atoms with Crippen LogP contribution in [0.25, 0.3) is 16.8 Å².